The number of hydrogen-bond acceptors (Lipinski definition) is 3. The Hall–Kier alpha value is -2.14. The van der Waals surface area contributed by atoms with Crippen molar-refractivity contribution in [2.45, 2.75) is 13.5 Å². The van der Waals surface area contributed by atoms with Crippen molar-refractivity contribution in [1.29, 1.82) is 0 Å². The summed E-state index contributed by atoms with van der Waals surface area (Å²) in [6.07, 6.45) is 0. The highest BCUT2D eigenvalue weighted by Crippen LogP contribution is 2.25. The Bertz CT molecular complexity index is 641. The molecule has 2 aromatic rings. The number of nitrogens with one attached hydrogen (secondary N) is 1. The average molecular weight is 295 g/mol. The summed E-state index contributed by atoms with van der Waals surface area (Å²) in [7, 11) is 0. The number of non-ortho nitro benzene ring substituents is 1. The lowest BCUT2D eigenvalue weighted by Gasteiger charge is -2.11. The van der Waals surface area contributed by atoms with Gasteiger partial charge >= 0.3 is 0 Å². The molecule has 0 fully saturated rings. The molecule has 1 N–H and O–H groups in total. The molecule has 2 rings (SSSR count). The molecule has 0 radical (unpaired) electrons. The Morgan fingerprint density at radius 3 is 2.70 bits per heavy atom. The second kappa shape index (κ2) is 5.88. The van der Waals surface area contributed by atoms with Gasteiger partial charge in [-0.25, -0.2) is 4.39 Å². The molecule has 0 heterocycles. The first-order valence-electron chi connectivity index (χ1n) is 5.91. The van der Waals surface area contributed by atoms with Gasteiger partial charge in [0.25, 0.3) is 5.69 Å². The number of nitro benzene ring substituents is 1. The first-order valence-corrected chi connectivity index (χ1v) is 6.28. The van der Waals surface area contributed by atoms with Crippen LogP contribution in [0, 0.1) is 22.9 Å². The van der Waals surface area contributed by atoms with Crippen LogP contribution in [0.15, 0.2) is 36.4 Å². The molecule has 0 saturated carbocycles. The Morgan fingerprint density at radius 2 is 2.10 bits per heavy atom. The van der Waals surface area contributed by atoms with Crippen LogP contribution in [0.3, 0.4) is 0 Å². The maximum absolute atomic E-state index is 13.6. The predicted molar refractivity (Wildman–Crippen MR) is 76.6 cm³/mol. The highest BCUT2D eigenvalue weighted by Gasteiger charge is 2.10. The van der Waals surface area contributed by atoms with Gasteiger partial charge in [-0.2, -0.15) is 0 Å². The van der Waals surface area contributed by atoms with Crippen LogP contribution in [-0.2, 0) is 6.54 Å². The first-order chi connectivity index (χ1) is 9.49. The summed E-state index contributed by atoms with van der Waals surface area (Å²) < 4.78 is 13.6. The summed E-state index contributed by atoms with van der Waals surface area (Å²) in [6.45, 7) is 2.08. The lowest BCUT2D eigenvalue weighted by Crippen LogP contribution is -2.04. The lowest BCUT2D eigenvalue weighted by atomic mass is 10.1. The molecular weight excluding hydrogens is 283 g/mol. The van der Waals surface area contributed by atoms with Crippen LogP contribution < -0.4 is 5.32 Å². The van der Waals surface area contributed by atoms with E-state index in [4.69, 9.17) is 11.6 Å². The van der Waals surface area contributed by atoms with E-state index in [2.05, 4.69) is 5.32 Å². The zero-order chi connectivity index (χ0) is 14.7. The zero-order valence-electron chi connectivity index (χ0n) is 10.7. The zero-order valence-corrected chi connectivity index (χ0v) is 11.4. The molecule has 0 spiro atoms. The van der Waals surface area contributed by atoms with Gasteiger partial charge in [0.05, 0.1) is 15.6 Å². The average Bonchev–Trinajstić information content (AvgIpc) is 2.39. The molecule has 6 heteroatoms. The summed E-state index contributed by atoms with van der Waals surface area (Å²) in [5.41, 5.74) is 1.78. The van der Waals surface area contributed by atoms with Crippen LogP contribution >= 0.6 is 11.6 Å². The molecule has 0 aliphatic rings. The smallest absolute Gasteiger partial charge is 0.270 e. The van der Waals surface area contributed by atoms with E-state index in [9.17, 15) is 14.5 Å². The summed E-state index contributed by atoms with van der Waals surface area (Å²) in [5.74, 6) is -0.344. The van der Waals surface area contributed by atoms with E-state index in [0.29, 0.717) is 17.8 Å². The van der Waals surface area contributed by atoms with Crippen molar-refractivity contribution in [1.82, 2.24) is 0 Å². The van der Waals surface area contributed by atoms with Gasteiger partial charge in [-0.05, 0) is 30.2 Å². The summed E-state index contributed by atoms with van der Waals surface area (Å²) in [4.78, 5) is 10.1. The van der Waals surface area contributed by atoms with Gasteiger partial charge in [-0.3, -0.25) is 10.1 Å². The third-order valence-corrected chi connectivity index (χ3v) is 3.28. The van der Waals surface area contributed by atoms with Crippen molar-refractivity contribution >= 4 is 23.0 Å². The molecule has 4 nitrogen and oxygen atoms in total. The van der Waals surface area contributed by atoms with E-state index >= 15 is 0 Å². The Kier molecular flexibility index (Phi) is 4.20. The van der Waals surface area contributed by atoms with E-state index in [-0.39, 0.29) is 16.5 Å². The minimum absolute atomic E-state index is 0.0687. The van der Waals surface area contributed by atoms with Gasteiger partial charge in [0.1, 0.15) is 5.82 Å². The van der Waals surface area contributed by atoms with E-state index in [1.807, 2.05) is 0 Å². The van der Waals surface area contributed by atoms with Crippen molar-refractivity contribution < 1.29 is 9.31 Å². The number of anilines is 1. The van der Waals surface area contributed by atoms with Crippen LogP contribution in [0.5, 0.6) is 0 Å². The molecule has 20 heavy (non-hydrogen) atoms. The molecule has 0 atom stereocenters. The van der Waals surface area contributed by atoms with Crippen molar-refractivity contribution in [3.05, 3.63) is 68.5 Å². The maximum Gasteiger partial charge on any atom is 0.270 e. The second-order valence-electron chi connectivity index (χ2n) is 4.32. The van der Waals surface area contributed by atoms with Gasteiger partial charge in [-0.1, -0.05) is 23.7 Å². The molecular formula is C14H12ClFN2O2. The Balaban J connectivity index is 2.17. The minimum Gasteiger partial charge on any atom is -0.378 e. The van der Waals surface area contributed by atoms with E-state index in [1.165, 1.54) is 18.2 Å². The quantitative estimate of drug-likeness (QED) is 0.675. The topological polar surface area (TPSA) is 55.2 Å². The van der Waals surface area contributed by atoms with Gasteiger partial charge < -0.3 is 5.32 Å². The van der Waals surface area contributed by atoms with Crippen molar-refractivity contribution in [2.24, 2.45) is 0 Å². The molecule has 0 unspecified atom stereocenters. The van der Waals surface area contributed by atoms with Gasteiger partial charge in [0.2, 0.25) is 0 Å². The summed E-state index contributed by atoms with van der Waals surface area (Å²) >= 11 is 5.98. The summed E-state index contributed by atoms with van der Waals surface area (Å²) in [6, 6.07) is 9.01. The number of nitro groups is 1. The number of hydrogen-bond donors (Lipinski definition) is 1. The summed E-state index contributed by atoms with van der Waals surface area (Å²) in [5, 5.41) is 13.9. The van der Waals surface area contributed by atoms with Gasteiger partial charge in [0, 0.05) is 18.7 Å². The molecule has 0 aliphatic heterocycles. The highest BCUT2D eigenvalue weighted by molar-refractivity contribution is 6.31. The monoisotopic (exact) mass is 294 g/mol. The maximum atomic E-state index is 13.6. The SMILES string of the molecule is Cc1cccc(F)c1NCc1ccc([N+](=O)[O-])cc1Cl. The third-order valence-electron chi connectivity index (χ3n) is 2.93. The molecule has 0 amide bonds. The normalized spacial score (nSPS) is 10.3. The van der Waals surface area contributed by atoms with Crippen LogP contribution in [0.25, 0.3) is 0 Å². The fraction of sp³-hybridized carbons (Fsp3) is 0.143. The molecule has 2 aromatic carbocycles. The fourth-order valence-corrected chi connectivity index (χ4v) is 2.07. The number of para-hydroxylation sites is 1. The first kappa shape index (κ1) is 14.3. The van der Waals surface area contributed by atoms with Crippen LogP contribution in [0.1, 0.15) is 11.1 Å². The van der Waals surface area contributed by atoms with Crippen LogP contribution in [0.4, 0.5) is 15.8 Å². The Morgan fingerprint density at radius 1 is 1.35 bits per heavy atom. The number of rotatable bonds is 4. The van der Waals surface area contributed by atoms with Crippen LogP contribution in [0.2, 0.25) is 5.02 Å². The van der Waals surface area contributed by atoms with E-state index < -0.39 is 4.92 Å². The molecule has 0 aromatic heterocycles. The minimum atomic E-state index is -0.510. The van der Waals surface area contributed by atoms with Crippen molar-refractivity contribution in [3.8, 4) is 0 Å². The van der Waals surface area contributed by atoms with Gasteiger partial charge in [0.15, 0.2) is 0 Å². The van der Waals surface area contributed by atoms with Gasteiger partial charge in [-0.15, -0.1) is 0 Å². The van der Waals surface area contributed by atoms with Crippen molar-refractivity contribution in [2.75, 3.05) is 5.32 Å². The standard InChI is InChI=1S/C14H12ClFN2O2/c1-9-3-2-4-13(16)14(9)17-8-10-5-6-11(18(19)20)7-12(10)15/h2-7,17H,8H2,1H3. The number of halogens is 2. The molecule has 104 valence electrons. The lowest BCUT2D eigenvalue weighted by molar-refractivity contribution is -0.384. The molecule has 0 bridgehead atoms. The molecule has 0 aliphatic carbocycles. The van der Waals surface area contributed by atoms with E-state index in [0.717, 1.165) is 5.56 Å². The van der Waals surface area contributed by atoms with E-state index in [1.54, 1.807) is 25.1 Å². The number of aryl methyl sites for hydroxylation is 1. The third kappa shape index (κ3) is 3.05. The largest absolute Gasteiger partial charge is 0.378 e. The predicted octanol–water partition coefficient (Wildman–Crippen LogP) is 4.31. The molecule has 0 saturated heterocycles. The number of nitrogens with zero attached hydrogens (tertiary/aromatic N) is 1. The van der Waals surface area contributed by atoms with Crippen molar-refractivity contribution in [3.63, 3.8) is 0 Å². The highest BCUT2D eigenvalue weighted by atomic mass is 35.5. The second-order valence-corrected chi connectivity index (χ2v) is 4.73. The number of benzene rings is 2. The van der Waals surface area contributed by atoms with Crippen LogP contribution in [-0.4, -0.2) is 4.92 Å². The fourth-order valence-electron chi connectivity index (χ4n) is 1.83. The Labute approximate surface area is 120 Å².